The summed E-state index contributed by atoms with van der Waals surface area (Å²) in [6.45, 7) is 3.77. The summed E-state index contributed by atoms with van der Waals surface area (Å²) in [6, 6.07) is 9.82. The van der Waals surface area contributed by atoms with Crippen molar-refractivity contribution in [2.24, 2.45) is 0 Å². The smallest absolute Gasteiger partial charge is 0.295 e. The zero-order chi connectivity index (χ0) is 14.7. The molecular formula is C14H15N3O3. The molecule has 0 spiro atoms. The van der Waals surface area contributed by atoms with E-state index in [1.807, 2.05) is 13.8 Å². The molecule has 1 aromatic heterocycles. The van der Waals surface area contributed by atoms with Gasteiger partial charge in [0.25, 0.3) is 5.69 Å². The van der Waals surface area contributed by atoms with Gasteiger partial charge in [0.2, 0.25) is 0 Å². The third-order valence-electron chi connectivity index (χ3n) is 2.60. The van der Waals surface area contributed by atoms with Gasteiger partial charge in [-0.2, -0.15) is 0 Å². The molecule has 2 aromatic rings. The second kappa shape index (κ2) is 5.56. The van der Waals surface area contributed by atoms with Crippen molar-refractivity contribution in [1.29, 1.82) is 0 Å². The highest BCUT2D eigenvalue weighted by atomic mass is 16.6. The van der Waals surface area contributed by atoms with Gasteiger partial charge in [0.1, 0.15) is 11.6 Å². The minimum absolute atomic E-state index is 0.0451. The Labute approximate surface area is 116 Å². The average molecular weight is 273 g/mol. The van der Waals surface area contributed by atoms with Crippen LogP contribution in [0.1, 0.15) is 13.8 Å². The Hall–Kier alpha value is -2.63. The van der Waals surface area contributed by atoms with E-state index in [0.717, 1.165) is 0 Å². The molecular weight excluding hydrogens is 258 g/mol. The van der Waals surface area contributed by atoms with E-state index in [1.54, 1.807) is 24.3 Å². The van der Waals surface area contributed by atoms with Crippen LogP contribution < -0.4 is 10.5 Å². The molecule has 6 heteroatoms. The van der Waals surface area contributed by atoms with Crippen LogP contribution in [0.25, 0.3) is 11.3 Å². The predicted octanol–water partition coefficient (Wildman–Crippen LogP) is 3.03. The number of pyridine rings is 1. The third-order valence-corrected chi connectivity index (χ3v) is 2.60. The van der Waals surface area contributed by atoms with E-state index in [2.05, 4.69) is 4.98 Å². The number of nitro groups is 1. The summed E-state index contributed by atoms with van der Waals surface area (Å²) in [7, 11) is 0. The minimum Gasteiger partial charge on any atom is -0.490 e. The van der Waals surface area contributed by atoms with Crippen molar-refractivity contribution in [2.75, 3.05) is 5.73 Å². The normalized spacial score (nSPS) is 10.6. The Morgan fingerprint density at radius 2 is 1.95 bits per heavy atom. The van der Waals surface area contributed by atoms with E-state index in [-0.39, 0.29) is 23.3 Å². The Morgan fingerprint density at radius 3 is 2.60 bits per heavy atom. The van der Waals surface area contributed by atoms with Gasteiger partial charge in [0.05, 0.1) is 11.0 Å². The molecule has 0 aliphatic rings. The van der Waals surface area contributed by atoms with Crippen LogP contribution in [0.4, 0.5) is 11.5 Å². The number of nitrogen functional groups attached to an aromatic ring is 1. The highest BCUT2D eigenvalue weighted by molar-refractivity contribution is 5.76. The lowest BCUT2D eigenvalue weighted by atomic mass is 10.1. The van der Waals surface area contributed by atoms with Crippen LogP contribution in [0.5, 0.6) is 5.75 Å². The van der Waals surface area contributed by atoms with Gasteiger partial charge in [-0.25, -0.2) is 4.98 Å². The Morgan fingerprint density at radius 1 is 1.25 bits per heavy atom. The highest BCUT2D eigenvalue weighted by Gasteiger charge is 2.20. The van der Waals surface area contributed by atoms with Gasteiger partial charge < -0.3 is 10.5 Å². The molecule has 2 N–H and O–H groups in total. The van der Waals surface area contributed by atoms with Crippen LogP contribution in [0, 0.1) is 10.1 Å². The molecule has 0 amide bonds. The first-order valence-electron chi connectivity index (χ1n) is 6.16. The van der Waals surface area contributed by atoms with Crippen LogP contribution in [-0.2, 0) is 0 Å². The van der Waals surface area contributed by atoms with Crippen molar-refractivity contribution in [2.45, 2.75) is 20.0 Å². The fourth-order valence-electron chi connectivity index (χ4n) is 1.83. The number of hydrogen-bond acceptors (Lipinski definition) is 5. The molecule has 0 aliphatic carbocycles. The molecule has 104 valence electrons. The molecule has 6 nitrogen and oxygen atoms in total. The van der Waals surface area contributed by atoms with Crippen LogP contribution in [0.15, 0.2) is 36.4 Å². The molecule has 1 heterocycles. The first kappa shape index (κ1) is 13.8. The summed E-state index contributed by atoms with van der Waals surface area (Å²) >= 11 is 0. The van der Waals surface area contributed by atoms with E-state index >= 15 is 0 Å². The van der Waals surface area contributed by atoms with Crippen molar-refractivity contribution in [3.8, 4) is 17.0 Å². The van der Waals surface area contributed by atoms with Crippen LogP contribution in [0.2, 0.25) is 0 Å². The van der Waals surface area contributed by atoms with E-state index in [9.17, 15) is 10.1 Å². The summed E-state index contributed by atoms with van der Waals surface area (Å²) in [5.41, 5.74) is 6.31. The van der Waals surface area contributed by atoms with E-state index < -0.39 is 4.92 Å². The van der Waals surface area contributed by atoms with Gasteiger partial charge in [-0.15, -0.1) is 0 Å². The van der Waals surface area contributed by atoms with Crippen molar-refractivity contribution < 1.29 is 9.66 Å². The molecule has 0 atom stereocenters. The predicted molar refractivity (Wildman–Crippen MR) is 76.5 cm³/mol. The van der Waals surface area contributed by atoms with Crippen molar-refractivity contribution >= 4 is 11.5 Å². The van der Waals surface area contributed by atoms with Crippen LogP contribution in [0.3, 0.4) is 0 Å². The van der Waals surface area contributed by atoms with Gasteiger partial charge in [0.15, 0.2) is 5.69 Å². The van der Waals surface area contributed by atoms with Crippen molar-refractivity contribution in [3.05, 3.63) is 46.5 Å². The zero-order valence-corrected chi connectivity index (χ0v) is 11.2. The molecule has 0 saturated heterocycles. The number of aromatic nitrogens is 1. The number of rotatable bonds is 4. The molecule has 1 aromatic carbocycles. The summed E-state index contributed by atoms with van der Waals surface area (Å²) in [5.74, 6) is 0.772. The summed E-state index contributed by atoms with van der Waals surface area (Å²) < 4.78 is 5.67. The fraction of sp³-hybridized carbons (Fsp3) is 0.214. The molecule has 20 heavy (non-hydrogen) atoms. The summed E-state index contributed by atoms with van der Waals surface area (Å²) in [5, 5.41) is 11.1. The van der Waals surface area contributed by atoms with Gasteiger partial charge >= 0.3 is 0 Å². The van der Waals surface area contributed by atoms with Crippen molar-refractivity contribution in [1.82, 2.24) is 4.98 Å². The van der Waals surface area contributed by atoms with Crippen LogP contribution >= 0.6 is 0 Å². The monoisotopic (exact) mass is 273 g/mol. The standard InChI is InChI=1S/C14H15N3O3/c1-9(2)20-12-6-4-3-5-10(12)14-11(17(18)19)7-8-13(15)16-14/h3-9H,1-2H3,(H2,15,16). The van der Waals surface area contributed by atoms with E-state index in [0.29, 0.717) is 11.3 Å². The zero-order valence-electron chi connectivity index (χ0n) is 11.2. The van der Waals surface area contributed by atoms with Crippen LogP contribution in [-0.4, -0.2) is 16.0 Å². The van der Waals surface area contributed by atoms with Gasteiger partial charge in [-0.3, -0.25) is 10.1 Å². The van der Waals surface area contributed by atoms with Crippen molar-refractivity contribution in [3.63, 3.8) is 0 Å². The minimum atomic E-state index is -0.478. The lowest BCUT2D eigenvalue weighted by molar-refractivity contribution is -0.384. The lowest BCUT2D eigenvalue weighted by Crippen LogP contribution is -2.07. The first-order valence-corrected chi connectivity index (χ1v) is 6.16. The van der Waals surface area contributed by atoms with E-state index in [4.69, 9.17) is 10.5 Å². The molecule has 0 saturated carbocycles. The number of nitrogens with two attached hydrogens (primary N) is 1. The van der Waals surface area contributed by atoms with E-state index in [1.165, 1.54) is 12.1 Å². The molecule has 2 rings (SSSR count). The number of anilines is 1. The Balaban J connectivity index is 2.62. The number of nitrogens with zero attached hydrogens (tertiary/aromatic N) is 2. The maximum atomic E-state index is 11.1. The van der Waals surface area contributed by atoms with Gasteiger partial charge in [-0.05, 0) is 32.0 Å². The maximum Gasteiger partial charge on any atom is 0.295 e. The second-order valence-corrected chi connectivity index (χ2v) is 4.52. The summed E-state index contributed by atoms with van der Waals surface area (Å²) in [4.78, 5) is 14.7. The number of benzene rings is 1. The second-order valence-electron chi connectivity index (χ2n) is 4.52. The summed E-state index contributed by atoms with van der Waals surface area (Å²) in [6.07, 6.45) is -0.0451. The largest absolute Gasteiger partial charge is 0.490 e. The first-order chi connectivity index (χ1) is 9.49. The quantitative estimate of drug-likeness (QED) is 0.682. The lowest BCUT2D eigenvalue weighted by Gasteiger charge is -2.14. The fourth-order valence-corrected chi connectivity index (χ4v) is 1.83. The third kappa shape index (κ3) is 2.85. The SMILES string of the molecule is CC(C)Oc1ccccc1-c1nc(N)ccc1[N+](=O)[O-]. The maximum absolute atomic E-state index is 11.1. The molecule has 0 aliphatic heterocycles. The Bertz CT molecular complexity index is 641. The van der Waals surface area contributed by atoms with Gasteiger partial charge in [0, 0.05) is 11.6 Å². The Kier molecular flexibility index (Phi) is 3.84. The molecule has 0 bridgehead atoms. The molecule has 0 radical (unpaired) electrons. The highest BCUT2D eigenvalue weighted by Crippen LogP contribution is 2.35. The number of ether oxygens (including phenoxy) is 1. The number of para-hydroxylation sites is 1. The topological polar surface area (TPSA) is 91.3 Å². The molecule has 0 fully saturated rings. The number of hydrogen-bond donors (Lipinski definition) is 1. The molecule has 0 unspecified atom stereocenters. The average Bonchev–Trinajstić information content (AvgIpc) is 2.38. The van der Waals surface area contributed by atoms with Gasteiger partial charge in [-0.1, -0.05) is 12.1 Å².